The summed E-state index contributed by atoms with van der Waals surface area (Å²) in [6.45, 7) is 1.58. The number of benzene rings is 1. The lowest BCUT2D eigenvalue weighted by Crippen LogP contribution is -2.37. The van der Waals surface area contributed by atoms with Crippen molar-refractivity contribution in [3.8, 4) is 5.75 Å². The van der Waals surface area contributed by atoms with Gasteiger partial charge in [0, 0.05) is 19.5 Å². The molecule has 3 rings (SSSR count). The summed E-state index contributed by atoms with van der Waals surface area (Å²) < 4.78 is 5.30. The molecule has 0 aromatic heterocycles. The fourth-order valence-electron chi connectivity index (χ4n) is 3.74. The van der Waals surface area contributed by atoms with Crippen molar-refractivity contribution in [1.82, 2.24) is 4.90 Å². The molecule has 0 saturated carbocycles. The largest absolute Gasteiger partial charge is 0.506 e. The average molecular weight is 449 g/mol. The number of piperidine rings is 1. The first-order valence-electron chi connectivity index (χ1n) is 10.8. The molecule has 0 spiro atoms. The number of hydrogen-bond donors (Lipinski definition) is 1. The van der Waals surface area contributed by atoms with E-state index in [1.165, 1.54) is 12.1 Å². The molecule has 1 amide bonds. The van der Waals surface area contributed by atoms with E-state index in [1.54, 1.807) is 4.90 Å². The number of carbonyl (C=O) groups is 2. The second-order valence-corrected chi connectivity index (χ2v) is 8.17. The Morgan fingerprint density at radius 3 is 2.77 bits per heavy atom. The lowest BCUT2D eigenvalue weighted by molar-refractivity contribution is -0.137. The molecule has 1 fully saturated rings. The van der Waals surface area contributed by atoms with Gasteiger partial charge in [-0.2, -0.15) is 0 Å². The highest BCUT2D eigenvalue weighted by Crippen LogP contribution is 2.31. The van der Waals surface area contributed by atoms with Gasteiger partial charge >= 0.3 is 5.97 Å². The number of carbonyl (C=O) groups excluding carboxylic acids is 2. The molecule has 1 saturated heterocycles. The zero-order valence-corrected chi connectivity index (χ0v) is 18.4. The lowest BCUT2D eigenvalue weighted by atomic mass is 9.98. The van der Waals surface area contributed by atoms with Crippen LogP contribution in [-0.4, -0.2) is 53.9 Å². The van der Waals surface area contributed by atoms with Crippen LogP contribution in [0.5, 0.6) is 5.75 Å². The van der Waals surface area contributed by atoms with Gasteiger partial charge < -0.3 is 19.6 Å². The number of amides is 1. The van der Waals surface area contributed by atoms with Gasteiger partial charge in [-0.05, 0) is 62.6 Å². The molecule has 8 heteroatoms. The summed E-state index contributed by atoms with van der Waals surface area (Å²) in [6.07, 6.45) is 10.5. The van der Waals surface area contributed by atoms with E-state index in [0.29, 0.717) is 17.7 Å². The van der Waals surface area contributed by atoms with Crippen LogP contribution in [0.4, 0.5) is 0 Å². The van der Waals surface area contributed by atoms with Gasteiger partial charge in [0.1, 0.15) is 12.4 Å². The van der Waals surface area contributed by atoms with Crippen LogP contribution in [0.15, 0.2) is 29.4 Å². The smallest absolute Gasteiger partial charge is 0.338 e. The van der Waals surface area contributed by atoms with Crippen molar-refractivity contribution in [3.63, 3.8) is 0 Å². The van der Waals surface area contributed by atoms with Crippen molar-refractivity contribution >= 4 is 29.2 Å². The van der Waals surface area contributed by atoms with Crippen molar-refractivity contribution in [2.24, 2.45) is 5.16 Å². The van der Waals surface area contributed by atoms with Crippen molar-refractivity contribution in [2.75, 3.05) is 26.3 Å². The summed E-state index contributed by atoms with van der Waals surface area (Å²) in [5.41, 5.74) is 1.39. The topological polar surface area (TPSA) is 88.4 Å². The SMILES string of the molecule is O=C1OC/C=C/CCCC/C(=N\OCC(=O)N2CCCCC2)Cc2c1ccc(O)c2Cl. The first-order chi connectivity index (χ1) is 15.1. The van der Waals surface area contributed by atoms with Gasteiger partial charge in [0.2, 0.25) is 0 Å². The molecule has 1 N–H and O–H groups in total. The second kappa shape index (κ2) is 11.7. The Bertz CT molecular complexity index is 847. The highest BCUT2D eigenvalue weighted by molar-refractivity contribution is 6.33. The molecule has 0 atom stereocenters. The first kappa shape index (κ1) is 23.1. The Hall–Kier alpha value is -2.54. The van der Waals surface area contributed by atoms with Gasteiger partial charge in [-0.3, -0.25) is 4.79 Å². The van der Waals surface area contributed by atoms with E-state index in [9.17, 15) is 14.7 Å². The number of esters is 1. The summed E-state index contributed by atoms with van der Waals surface area (Å²) in [4.78, 5) is 32.1. The van der Waals surface area contributed by atoms with Crippen LogP contribution in [-0.2, 0) is 20.8 Å². The molecule has 1 aromatic carbocycles. The number of likely N-dealkylation sites (tertiary alicyclic amines) is 1. The molecule has 2 heterocycles. The van der Waals surface area contributed by atoms with Gasteiger partial charge in [-0.25, -0.2) is 4.79 Å². The van der Waals surface area contributed by atoms with Crippen LogP contribution in [0.2, 0.25) is 5.02 Å². The molecule has 0 aliphatic carbocycles. The van der Waals surface area contributed by atoms with Crippen LogP contribution in [0.3, 0.4) is 0 Å². The van der Waals surface area contributed by atoms with Crippen LogP contribution in [0.25, 0.3) is 0 Å². The molecule has 1 aromatic rings. The minimum Gasteiger partial charge on any atom is -0.506 e. The van der Waals surface area contributed by atoms with E-state index >= 15 is 0 Å². The maximum Gasteiger partial charge on any atom is 0.338 e. The Morgan fingerprint density at radius 2 is 1.97 bits per heavy atom. The molecule has 0 bridgehead atoms. The zero-order valence-electron chi connectivity index (χ0n) is 17.6. The number of phenols is 1. The number of oxime groups is 1. The number of ether oxygens (including phenoxy) is 1. The van der Waals surface area contributed by atoms with Gasteiger partial charge in [0.25, 0.3) is 5.91 Å². The number of rotatable bonds is 3. The Balaban J connectivity index is 1.77. The minimum atomic E-state index is -0.513. The molecule has 7 nitrogen and oxygen atoms in total. The third-order valence-electron chi connectivity index (χ3n) is 5.48. The van der Waals surface area contributed by atoms with Crippen molar-refractivity contribution in [3.05, 3.63) is 40.4 Å². The van der Waals surface area contributed by atoms with Gasteiger partial charge in [-0.1, -0.05) is 28.9 Å². The Labute approximate surface area is 187 Å². The average Bonchev–Trinajstić information content (AvgIpc) is 2.79. The summed E-state index contributed by atoms with van der Waals surface area (Å²) in [6, 6.07) is 2.88. The van der Waals surface area contributed by atoms with Crippen molar-refractivity contribution in [2.45, 2.75) is 51.4 Å². The number of halogens is 1. The summed E-state index contributed by atoms with van der Waals surface area (Å²) >= 11 is 6.32. The Kier molecular flexibility index (Phi) is 8.76. The highest BCUT2D eigenvalue weighted by atomic mass is 35.5. The quantitative estimate of drug-likeness (QED) is 0.424. The lowest BCUT2D eigenvalue weighted by Gasteiger charge is -2.26. The van der Waals surface area contributed by atoms with Crippen LogP contribution >= 0.6 is 11.6 Å². The molecular weight excluding hydrogens is 420 g/mol. The summed E-state index contributed by atoms with van der Waals surface area (Å²) in [7, 11) is 0. The van der Waals surface area contributed by atoms with Crippen molar-refractivity contribution in [1.29, 1.82) is 0 Å². The number of nitrogens with zero attached hydrogens (tertiary/aromatic N) is 2. The number of fused-ring (bicyclic) bond motifs is 1. The molecule has 2 aliphatic heterocycles. The third kappa shape index (κ3) is 6.72. The zero-order chi connectivity index (χ0) is 22.1. The molecular formula is C23H29ClN2O5. The van der Waals surface area contributed by atoms with Gasteiger partial charge in [0.15, 0.2) is 6.61 Å². The fraction of sp³-hybridized carbons (Fsp3) is 0.522. The van der Waals surface area contributed by atoms with Crippen LogP contribution in [0.1, 0.15) is 60.9 Å². The normalized spacial score (nSPS) is 20.6. The third-order valence-corrected chi connectivity index (χ3v) is 5.90. The predicted octanol–water partition coefficient (Wildman–Crippen LogP) is 4.26. The molecule has 0 unspecified atom stereocenters. The van der Waals surface area contributed by atoms with E-state index < -0.39 is 5.97 Å². The monoisotopic (exact) mass is 448 g/mol. The van der Waals surface area contributed by atoms with Crippen molar-refractivity contribution < 1.29 is 24.3 Å². The number of phenolic OH excluding ortho intramolecular Hbond substituents is 1. The molecule has 168 valence electrons. The maximum atomic E-state index is 12.5. The predicted molar refractivity (Wildman–Crippen MR) is 119 cm³/mol. The highest BCUT2D eigenvalue weighted by Gasteiger charge is 2.21. The minimum absolute atomic E-state index is 0.0708. The number of cyclic esters (lactones) is 1. The summed E-state index contributed by atoms with van der Waals surface area (Å²) in [5, 5.41) is 14.4. The van der Waals surface area contributed by atoms with E-state index in [2.05, 4.69) is 5.16 Å². The molecule has 31 heavy (non-hydrogen) atoms. The maximum absolute atomic E-state index is 12.5. The Morgan fingerprint density at radius 1 is 1.16 bits per heavy atom. The van der Waals surface area contributed by atoms with Crippen LogP contribution < -0.4 is 0 Å². The van der Waals surface area contributed by atoms with E-state index in [0.717, 1.165) is 51.6 Å². The molecule has 2 aliphatic rings. The van der Waals surface area contributed by atoms with E-state index in [1.807, 2.05) is 12.2 Å². The van der Waals surface area contributed by atoms with E-state index in [4.69, 9.17) is 21.2 Å². The number of hydrogen-bond acceptors (Lipinski definition) is 6. The second-order valence-electron chi connectivity index (χ2n) is 7.79. The number of aromatic hydroxyl groups is 1. The fourth-order valence-corrected chi connectivity index (χ4v) is 3.97. The summed E-state index contributed by atoms with van der Waals surface area (Å²) in [5.74, 6) is -0.696. The standard InChI is InChI=1S/C23H29ClN2O5/c24-22-19-15-17(25-31-16-21(28)26-12-6-4-7-13-26)9-5-2-1-3-8-14-30-23(29)18(19)10-11-20(22)27/h3,8,10-11,27H,1-2,4-7,9,12-16H2/b8-3+,25-17+. The van der Waals surface area contributed by atoms with Gasteiger partial charge in [0.05, 0.1) is 16.3 Å². The number of allylic oxidation sites excluding steroid dienone is 1. The van der Waals surface area contributed by atoms with Crippen LogP contribution in [0, 0.1) is 0 Å². The van der Waals surface area contributed by atoms with E-state index in [-0.39, 0.29) is 41.9 Å². The van der Waals surface area contributed by atoms with Gasteiger partial charge in [-0.15, -0.1) is 0 Å². The first-order valence-corrected chi connectivity index (χ1v) is 11.2. The molecule has 0 radical (unpaired) electrons.